The maximum absolute atomic E-state index is 12.8. The number of hydrogen-bond donors (Lipinski definition) is 2. The maximum Gasteiger partial charge on any atom is 0.260 e. The van der Waals surface area contributed by atoms with E-state index in [1.165, 1.54) is 17.6 Å². The topological polar surface area (TPSA) is 98.0 Å². The number of benzene rings is 3. The van der Waals surface area contributed by atoms with Gasteiger partial charge in [-0.25, -0.2) is 10.4 Å². The van der Waals surface area contributed by atoms with Crippen molar-refractivity contribution in [3.8, 4) is 17.2 Å². The van der Waals surface area contributed by atoms with E-state index in [0.717, 1.165) is 32.5 Å². The Morgan fingerprint density at radius 1 is 1.08 bits per heavy atom. The van der Waals surface area contributed by atoms with E-state index in [-0.39, 0.29) is 18.2 Å². The number of ether oxygens (including phenoxy) is 2. The summed E-state index contributed by atoms with van der Waals surface area (Å²) in [5.74, 6) is 1.88. The SMILES string of the molecule is COc1ccc(Cc2nc3ccccc3n2CC(=O)N/N=C/c2sc3ccccc3c2O)cc1OC. The Morgan fingerprint density at radius 2 is 1.86 bits per heavy atom. The highest BCUT2D eigenvalue weighted by Crippen LogP contribution is 2.35. The molecule has 0 radical (unpaired) electrons. The number of nitrogens with one attached hydrogen (secondary N) is 1. The van der Waals surface area contributed by atoms with E-state index >= 15 is 0 Å². The zero-order valence-electron chi connectivity index (χ0n) is 19.8. The molecule has 2 aromatic heterocycles. The van der Waals surface area contributed by atoms with Crippen LogP contribution in [0.25, 0.3) is 21.1 Å². The molecule has 0 aliphatic heterocycles. The highest BCUT2D eigenvalue weighted by atomic mass is 32.1. The lowest BCUT2D eigenvalue weighted by Gasteiger charge is -2.11. The molecule has 3 aromatic carbocycles. The molecule has 9 heteroatoms. The number of methoxy groups -OCH3 is 2. The minimum atomic E-state index is -0.302. The molecule has 36 heavy (non-hydrogen) atoms. The van der Waals surface area contributed by atoms with E-state index in [1.54, 1.807) is 14.2 Å². The zero-order valence-corrected chi connectivity index (χ0v) is 20.6. The van der Waals surface area contributed by atoms with Gasteiger partial charge in [-0.1, -0.05) is 30.3 Å². The van der Waals surface area contributed by atoms with E-state index in [1.807, 2.05) is 71.3 Å². The fourth-order valence-corrected chi connectivity index (χ4v) is 5.06. The summed E-state index contributed by atoms with van der Waals surface area (Å²) in [6.45, 7) is 0.0406. The molecule has 0 saturated heterocycles. The average molecular weight is 501 g/mol. The van der Waals surface area contributed by atoms with Crippen molar-refractivity contribution in [2.24, 2.45) is 5.10 Å². The van der Waals surface area contributed by atoms with Gasteiger partial charge in [0.05, 0.1) is 36.3 Å². The first-order chi connectivity index (χ1) is 17.6. The monoisotopic (exact) mass is 500 g/mol. The van der Waals surface area contributed by atoms with Gasteiger partial charge < -0.3 is 19.1 Å². The van der Waals surface area contributed by atoms with Crippen LogP contribution in [0.4, 0.5) is 0 Å². The fourth-order valence-electron chi connectivity index (χ4n) is 4.09. The molecule has 0 spiro atoms. The van der Waals surface area contributed by atoms with E-state index in [0.29, 0.717) is 22.8 Å². The Balaban J connectivity index is 1.36. The predicted molar refractivity (Wildman–Crippen MR) is 141 cm³/mol. The minimum absolute atomic E-state index is 0.0406. The third kappa shape index (κ3) is 4.60. The van der Waals surface area contributed by atoms with E-state index in [2.05, 4.69) is 10.5 Å². The van der Waals surface area contributed by atoms with Crippen molar-refractivity contribution in [3.05, 3.63) is 83.0 Å². The van der Waals surface area contributed by atoms with E-state index < -0.39 is 0 Å². The van der Waals surface area contributed by atoms with Crippen LogP contribution in [0, 0.1) is 0 Å². The Labute approximate surface area is 211 Å². The molecule has 2 N–H and O–H groups in total. The largest absolute Gasteiger partial charge is 0.506 e. The summed E-state index contributed by atoms with van der Waals surface area (Å²) in [6.07, 6.45) is 1.97. The molecule has 5 aromatic rings. The summed E-state index contributed by atoms with van der Waals surface area (Å²) in [7, 11) is 3.19. The third-order valence-corrected chi connectivity index (χ3v) is 6.91. The lowest BCUT2D eigenvalue weighted by molar-refractivity contribution is -0.121. The summed E-state index contributed by atoms with van der Waals surface area (Å²) >= 11 is 1.41. The lowest BCUT2D eigenvalue weighted by atomic mass is 10.1. The molecule has 0 fully saturated rings. The predicted octanol–water partition coefficient (Wildman–Crippen LogP) is 4.71. The molecule has 0 unspecified atom stereocenters. The summed E-state index contributed by atoms with van der Waals surface area (Å²) in [6, 6.07) is 21.0. The minimum Gasteiger partial charge on any atom is -0.506 e. The molecule has 0 aliphatic rings. The number of aromatic nitrogens is 2. The lowest BCUT2D eigenvalue weighted by Crippen LogP contribution is -2.24. The Kier molecular flexibility index (Phi) is 6.55. The molecular weight excluding hydrogens is 476 g/mol. The third-order valence-electron chi connectivity index (χ3n) is 5.81. The van der Waals surface area contributed by atoms with Crippen LogP contribution in [0.3, 0.4) is 0 Å². The van der Waals surface area contributed by atoms with E-state index in [4.69, 9.17) is 14.5 Å². The summed E-state index contributed by atoms with van der Waals surface area (Å²) in [5, 5.41) is 15.2. The van der Waals surface area contributed by atoms with Crippen LogP contribution < -0.4 is 14.9 Å². The molecule has 0 atom stereocenters. The van der Waals surface area contributed by atoms with Crippen molar-refractivity contribution in [3.63, 3.8) is 0 Å². The summed E-state index contributed by atoms with van der Waals surface area (Å²) in [5.41, 5.74) is 5.21. The number of nitrogens with zero attached hydrogens (tertiary/aromatic N) is 3. The molecule has 0 aliphatic carbocycles. The van der Waals surface area contributed by atoms with Gasteiger partial charge >= 0.3 is 0 Å². The number of carbonyl (C=O) groups is 1. The van der Waals surface area contributed by atoms with Gasteiger partial charge in [-0.05, 0) is 42.0 Å². The van der Waals surface area contributed by atoms with Crippen LogP contribution in [0.15, 0.2) is 71.8 Å². The smallest absolute Gasteiger partial charge is 0.260 e. The van der Waals surface area contributed by atoms with Gasteiger partial charge in [-0.15, -0.1) is 11.3 Å². The van der Waals surface area contributed by atoms with Gasteiger partial charge in [0, 0.05) is 16.5 Å². The second kappa shape index (κ2) is 10.1. The van der Waals surface area contributed by atoms with E-state index in [9.17, 15) is 9.90 Å². The first kappa shape index (κ1) is 23.4. The molecule has 0 saturated carbocycles. The first-order valence-electron chi connectivity index (χ1n) is 11.2. The molecule has 5 rings (SSSR count). The van der Waals surface area contributed by atoms with Crippen molar-refractivity contribution in [1.29, 1.82) is 0 Å². The average Bonchev–Trinajstić information content (AvgIpc) is 3.40. The molecule has 8 nitrogen and oxygen atoms in total. The van der Waals surface area contributed by atoms with Crippen molar-refractivity contribution in [1.82, 2.24) is 15.0 Å². The second-order valence-electron chi connectivity index (χ2n) is 8.07. The van der Waals surface area contributed by atoms with Gasteiger partial charge in [0.15, 0.2) is 11.5 Å². The van der Waals surface area contributed by atoms with Crippen LogP contribution in [0.1, 0.15) is 16.3 Å². The molecule has 0 bridgehead atoms. The number of imidazole rings is 1. The van der Waals surface area contributed by atoms with Crippen LogP contribution in [-0.2, 0) is 17.8 Å². The molecule has 182 valence electrons. The van der Waals surface area contributed by atoms with Gasteiger partial charge in [-0.2, -0.15) is 5.10 Å². The van der Waals surface area contributed by atoms with Crippen LogP contribution in [0.5, 0.6) is 17.2 Å². The number of fused-ring (bicyclic) bond motifs is 2. The number of hydrazone groups is 1. The molecular formula is C27H24N4O4S. The normalized spacial score (nSPS) is 11.4. The molecule has 2 heterocycles. The van der Waals surface area contributed by atoms with Crippen molar-refractivity contribution < 1.29 is 19.4 Å². The number of amides is 1. The number of para-hydroxylation sites is 2. The van der Waals surface area contributed by atoms with Crippen molar-refractivity contribution >= 4 is 44.6 Å². The number of aromatic hydroxyl groups is 1. The summed E-state index contributed by atoms with van der Waals surface area (Å²) in [4.78, 5) is 18.2. The van der Waals surface area contributed by atoms with Crippen LogP contribution >= 0.6 is 11.3 Å². The highest BCUT2D eigenvalue weighted by Gasteiger charge is 2.15. The first-order valence-corrected chi connectivity index (χ1v) is 12.1. The number of carbonyl (C=O) groups excluding carboxylic acids is 1. The second-order valence-corrected chi connectivity index (χ2v) is 9.16. The standard InChI is InChI=1S/C27H24N4O4S/c1-34-21-12-11-17(13-22(21)35-2)14-25-29-19-8-4-5-9-20(19)31(25)16-26(32)30-28-15-24-27(33)18-7-3-6-10-23(18)36-24/h3-13,15,33H,14,16H2,1-2H3,(H,30,32)/b28-15+. The van der Waals surface area contributed by atoms with Crippen LogP contribution in [-0.4, -0.2) is 41.0 Å². The van der Waals surface area contributed by atoms with Gasteiger partial charge in [0.25, 0.3) is 5.91 Å². The quantitative estimate of drug-likeness (QED) is 0.237. The number of hydrogen-bond acceptors (Lipinski definition) is 7. The zero-order chi connectivity index (χ0) is 25.1. The highest BCUT2D eigenvalue weighted by molar-refractivity contribution is 7.21. The molecule has 1 amide bonds. The summed E-state index contributed by atoms with van der Waals surface area (Å²) < 4.78 is 13.6. The van der Waals surface area contributed by atoms with Crippen LogP contribution in [0.2, 0.25) is 0 Å². The Morgan fingerprint density at radius 3 is 2.67 bits per heavy atom. The van der Waals surface area contributed by atoms with Gasteiger partial charge in [0.1, 0.15) is 18.1 Å². The van der Waals surface area contributed by atoms with Gasteiger partial charge in [0.2, 0.25) is 0 Å². The Hall–Kier alpha value is -4.37. The van der Waals surface area contributed by atoms with Gasteiger partial charge in [-0.3, -0.25) is 4.79 Å². The maximum atomic E-state index is 12.8. The Bertz CT molecular complexity index is 1590. The number of thiophene rings is 1. The van der Waals surface area contributed by atoms with Crippen molar-refractivity contribution in [2.45, 2.75) is 13.0 Å². The fraction of sp³-hybridized carbons (Fsp3) is 0.148. The van der Waals surface area contributed by atoms with Crippen molar-refractivity contribution in [2.75, 3.05) is 14.2 Å². The number of rotatable bonds is 8.